The Morgan fingerprint density at radius 1 is 1.25 bits per heavy atom. The lowest BCUT2D eigenvalue weighted by molar-refractivity contribution is 0.420. The smallest absolute Gasteiger partial charge is 0.150 e. The molecule has 6 heteroatoms. The lowest BCUT2D eigenvalue weighted by Crippen LogP contribution is -2.35. The summed E-state index contributed by atoms with van der Waals surface area (Å²) >= 11 is 2.95. The van der Waals surface area contributed by atoms with Gasteiger partial charge in [-0.25, -0.2) is 13.5 Å². The largest absolute Gasteiger partial charge is 0.306 e. The number of rotatable bonds is 3. The Morgan fingerprint density at radius 2 is 1.95 bits per heavy atom. The van der Waals surface area contributed by atoms with Crippen molar-refractivity contribution in [2.75, 3.05) is 0 Å². The van der Waals surface area contributed by atoms with Gasteiger partial charge in [0, 0.05) is 24.3 Å². The molecule has 108 valence electrons. The second kappa shape index (κ2) is 5.61. The Labute approximate surface area is 125 Å². The third-order valence-electron chi connectivity index (χ3n) is 2.68. The molecule has 0 radical (unpaired) electrons. The van der Waals surface area contributed by atoms with E-state index in [1.165, 1.54) is 4.68 Å². The van der Waals surface area contributed by atoms with E-state index >= 15 is 0 Å². The first-order valence-corrected chi connectivity index (χ1v) is 7.00. The first-order chi connectivity index (χ1) is 9.26. The molecular formula is C14H16BrF2N3. The van der Waals surface area contributed by atoms with E-state index in [0.717, 1.165) is 17.8 Å². The van der Waals surface area contributed by atoms with Gasteiger partial charge in [0.25, 0.3) is 0 Å². The quantitative estimate of drug-likeness (QED) is 0.859. The van der Waals surface area contributed by atoms with Crippen LogP contribution in [-0.4, -0.2) is 15.3 Å². The van der Waals surface area contributed by atoms with Gasteiger partial charge >= 0.3 is 0 Å². The molecule has 0 fully saturated rings. The average Bonchev–Trinajstić information content (AvgIpc) is 2.79. The molecule has 3 nitrogen and oxygen atoms in total. The number of hydrogen-bond acceptors (Lipinski definition) is 2. The summed E-state index contributed by atoms with van der Waals surface area (Å²) in [5, 5.41) is 7.53. The van der Waals surface area contributed by atoms with Gasteiger partial charge in [-0.2, -0.15) is 5.10 Å². The van der Waals surface area contributed by atoms with Gasteiger partial charge < -0.3 is 5.32 Å². The van der Waals surface area contributed by atoms with Crippen molar-refractivity contribution in [2.24, 2.45) is 0 Å². The molecule has 0 aliphatic heterocycles. The van der Waals surface area contributed by atoms with Crippen molar-refractivity contribution in [1.82, 2.24) is 15.1 Å². The molecule has 0 spiro atoms. The minimum absolute atomic E-state index is 0.0290. The summed E-state index contributed by atoms with van der Waals surface area (Å²) in [6, 6.07) is 3.99. The van der Waals surface area contributed by atoms with Crippen molar-refractivity contribution < 1.29 is 8.78 Å². The summed E-state index contributed by atoms with van der Waals surface area (Å²) < 4.78 is 28.8. The first kappa shape index (κ1) is 15.1. The normalized spacial score (nSPS) is 11.9. The van der Waals surface area contributed by atoms with Gasteiger partial charge in [0.05, 0.1) is 10.2 Å². The van der Waals surface area contributed by atoms with Crippen LogP contribution in [-0.2, 0) is 6.54 Å². The zero-order valence-corrected chi connectivity index (χ0v) is 13.1. The van der Waals surface area contributed by atoms with Crippen LogP contribution in [0.15, 0.2) is 28.9 Å². The van der Waals surface area contributed by atoms with Gasteiger partial charge in [-0.15, -0.1) is 0 Å². The predicted molar refractivity (Wildman–Crippen MR) is 77.8 cm³/mol. The maximum atomic E-state index is 13.8. The molecule has 2 rings (SSSR count). The maximum absolute atomic E-state index is 13.8. The van der Waals surface area contributed by atoms with E-state index in [0.29, 0.717) is 6.54 Å². The molecule has 1 N–H and O–H groups in total. The van der Waals surface area contributed by atoms with Crippen LogP contribution in [0.3, 0.4) is 0 Å². The molecule has 1 aromatic carbocycles. The maximum Gasteiger partial charge on any atom is 0.150 e. The monoisotopic (exact) mass is 343 g/mol. The Morgan fingerprint density at radius 3 is 2.60 bits per heavy atom. The topological polar surface area (TPSA) is 29.9 Å². The number of nitrogens with zero attached hydrogens (tertiary/aromatic N) is 2. The fourth-order valence-electron chi connectivity index (χ4n) is 1.63. The number of benzene rings is 1. The number of nitrogens with one attached hydrogen (secondary N) is 1. The third kappa shape index (κ3) is 3.64. The van der Waals surface area contributed by atoms with Gasteiger partial charge in [-0.05, 0) is 48.8 Å². The van der Waals surface area contributed by atoms with Crippen LogP contribution in [0.2, 0.25) is 0 Å². The highest BCUT2D eigenvalue weighted by atomic mass is 79.9. The van der Waals surface area contributed by atoms with Gasteiger partial charge in [-0.3, -0.25) is 0 Å². The van der Waals surface area contributed by atoms with Crippen molar-refractivity contribution in [3.05, 3.63) is 46.2 Å². The molecule has 0 atom stereocenters. The standard InChI is InChI=1S/C14H16BrF2N3/c1-14(2,3)18-8-9-4-5-20(19-9)13-7-11(16)10(15)6-12(13)17/h4-7,18H,8H2,1-3H3. The van der Waals surface area contributed by atoms with E-state index in [4.69, 9.17) is 0 Å². The molecule has 1 aromatic heterocycles. The van der Waals surface area contributed by atoms with E-state index in [1.54, 1.807) is 12.3 Å². The van der Waals surface area contributed by atoms with Gasteiger partial charge in [0.2, 0.25) is 0 Å². The summed E-state index contributed by atoms with van der Waals surface area (Å²) in [7, 11) is 0. The Kier molecular flexibility index (Phi) is 4.25. The van der Waals surface area contributed by atoms with E-state index in [1.807, 2.05) is 20.8 Å². The Hall–Kier alpha value is -1.27. The van der Waals surface area contributed by atoms with E-state index in [-0.39, 0.29) is 15.7 Å². The van der Waals surface area contributed by atoms with Gasteiger partial charge in [0.15, 0.2) is 0 Å². The molecule has 0 saturated heterocycles. The van der Waals surface area contributed by atoms with Crippen LogP contribution < -0.4 is 5.32 Å². The van der Waals surface area contributed by atoms with Crippen LogP contribution in [0.4, 0.5) is 8.78 Å². The summed E-state index contributed by atoms with van der Waals surface area (Å²) in [6.07, 6.45) is 1.62. The summed E-state index contributed by atoms with van der Waals surface area (Å²) in [5.41, 5.74) is 0.828. The van der Waals surface area contributed by atoms with Crippen LogP contribution >= 0.6 is 15.9 Å². The zero-order chi connectivity index (χ0) is 14.9. The molecular weight excluding hydrogens is 328 g/mol. The number of aromatic nitrogens is 2. The highest BCUT2D eigenvalue weighted by molar-refractivity contribution is 9.10. The number of halogens is 3. The van der Waals surface area contributed by atoms with Crippen molar-refractivity contribution in [3.8, 4) is 5.69 Å². The predicted octanol–water partition coefficient (Wildman–Crippen LogP) is 3.80. The molecule has 20 heavy (non-hydrogen) atoms. The van der Waals surface area contributed by atoms with Crippen LogP contribution in [0, 0.1) is 11.6 Å². The summed E-state index contributed by atoms with van der Waals surface area (Å²) in [4.78, 5) is 0. The van der Waals surface area contributed by atoms with Crippen molar-refractivity contribution in [2.45, 2.75) is 32.9 Å². The van der Waals surface area contributed by atoms with Gasteiger partial charge in [-0.1, -0.05) is 0 Å². The lowest BCUT2D eigenvalue weighted by Gasteiger charge is -2.19. The molecule has 0 amide bonds. The van der Waals surface area contributed by atoms with Crippen LogP contribution in [0.1, 0.15) is 26.5 Å². The first-order valence-electron chi connectivity index (χ1n) is 6.21. The Bertz CT molecular complexity index is 617. The summed E-state index contributed by atoms with van der Waals surface area (Å²) in [5.74, 6) is -1.05. The minimum atomic E-state index is -0.531. The lowest BCUT2D eigenvalue weighted by atomic mass is 10.1. The molecule has 0 unspecified atom stereocenters. The SMILES string of the molecule is CC(C)(C)NCc1ccn(-c2cc(F)c(Br)cc2F)n1. The molecule has 0 bridgehead atoms. The highest BCUT2D eigenvalue weighted by Gasteiger charge is 2.13. The summed E-state index contributed by atoms with van der Waals surface area (Å²) in [6.45, 7) is 6.71. The Balaban J connectivity index is 2.23. The number of hydrogen-bond donors (Lipinski definition) is 1. The average molecular weight is 344 g/mol. The second-order valence-electron chi connectivity index (χ2n) is 5.57. The molecule has 2 aromatic rings. The molecule has 0 saturated carbocycles. The van der Waals surface area contributed by atoms with Crippen molar-refractivity contribution in [1.29, 1.82) is 0 Å². The fraction of sp³-hybridized carbons (Fsp3) is 0.357. The van der Waals surface area contributed by atoms with Gasteiger partial charge in [0.1, 0.15) is 17.3 Å². The van der Waals surface area contributed by atoms with E-state index in [9.17, 15) is 8.78 Å². The van der Waals surface area contributed by atoms with E-state index < -0.39 is 11.6 Å². The van der Waals surface area contributed by atoms with Crippen molar-refractivity contribution >= 4 is 15.9 Å². The third-order valence-corrected chi connectivity index (χ3v) is 3.29. The molecule has 0 aliphatic carbocycles. The molecule has 0 aliphatic rings. The van der Waals surface area contributed by atoms with Crippen LogP contribution in [0.25, 0.3) is 5.69 Å². The molecule has 1 heterocycles. The van der Waals surface area contributed by atoms with E-state index in [2.05, 4.69) is 26.3 Å². The fourth-order valence-corrected chi connectivity index (χ4v) is 1.95. The van der Waals surface area contributed by atoms with Crippen molar-refractivity contribution in [3.63, 3.8) is 0 Å². The van der Waals surface area contributed by atoms with Crippen LogP contribution in [0.5, 0.6) is 0 Å². The highest BCUT2D eigenvalue weighted by Crippen LogP contribution is 2.22. The second-order valence-corrected chi connectivity index (χ2v) is 6.43. The zero-order valence-electron chi connectivity index (χ0n) is 11.5. The minimum Gasteiger partial charge on any atom is -0.306 e.